The minimum Gasteiger partial charge on any atom is -0.340 e. The highest BCUT2D eigenvalue weighted by Crippen LogP contribution is 2.24. The molecule has 1 saturated heterocycles. The highest BCUT2D eigenvalue weighted by atomic mass is 32.2. The van der Waals surface area contributed by atoms with Gasteiger partial charge in [-0.25, -0.2) is 8.42 Å². The van der Waals surface area contributed by atoms with Crippen molar-refractivity contribution in [3.8, 4) is 0 Å². The summed E-state index contributed by atoms with van der Waals surface area (Å²) in [4.78, 5) is 27.0. The normalized spacial score (nSPS) is 17.0. The van der Waals surface area contributed by atoms with E-state index in [4.69, 9.17) is 0 Å². The van der Waals surface area contributed by atoms with Gasteiger partial charge in [-0.05, 0) is 48.6 Å². The van der Waals surface area contributed by atoms with Crippen molar-refractivity contribution in [3.05, 3.63) is 65.2 Å². The molecule has 1 aliphatic heterocycles. The van der Waals surface area contributed by atoms with Gasteiger partial charge in [0.15, 0.2) is 5.78 Å². The molecule has 2 aromatic carbocycles. The molecule has 1 aliphatic carbocycles. The maximum atomic E-state index is 12.7. The molecule has 1 amide bonds. The second kappa shape index (κ2) is 8.70. The highest BCUT2D eigenvalue weighted by molar-refractivity contribution is 7.89. The molecule has 0 atom stereocenters. The molecule has 0 N–H and O–H groups in total. The first-order valence-corrected chi connectivity index (χ1v) is 11.9. The van der Waals surface area contributed by atoms with Gasteiger partial charge in [-0.2, -0.15) is 4.31 Å². The summed E-state index contributed by atoms with van der Waals surface area (Å²) in [5.41, 5.74) is 3.26. The Morgan fingerprint density at radius 2 is 1.53 bits per heavy atom. The Hall–Kier alpha value is -2.51. The zero-order chi connectivity index (χ0) is 21.1. The Balaban J connectivity index is 1.29. The largest absolute Gasteiger partial charge is 0.340 e. The van der Waals surface area contributed by atoms with Crippen molar-refractivity contribution in [2.45, 2.75) is 37.0 Å². The van der Waals surface area contributed by atoms with E-state index < -0.39 is 10.0 Å². The SMILES string of the molecule is O=C(CCC(=O)N1CCN(S(=O)(=O)c2ccccc2)CC1)c1ccc2c(c1)CCC2. The Morgan fingerprint density at radius 1 is 0.833 bits per heavy atom. The third-order valence-electron chi connectivity index (χ3n) is 5.96. The second-order valence-electron chi connectivity index (χ2n) is 7.86. The molecule has 2 aromatic rings. The molecule has 4 rings (SSSR count). The van der Waals surface area contributed by atoms with E-state index in [0.717, 1.165) is 19.3 Å². The van der Waals surface area contributed by atoms with Crippen LogP contribution in [0.1, 0.15) is 40.7 Å². The number of hydrogen-bond donors (Lipinski definition) is 0. The molecule has 1 heterocycles. The molecule has 0 spiro atoms. The van der Waals surface area contributed by atoms with Crippen molar-refractivity contribution >= 4 is 21.7 Å². The maximum Gasteiger partial charge on any atom is 0.243 e. The third-order valence-corrected chi connectivity index (χ3v) is 7.87. The molecule has 0 bridgehead atoms. The molecule has 0 saturated carbocycles. The van der Waals surface area contributed by atoms with Crippen molar-refractivity contribution < 1.29 is 18.0 Å². The lowest BCUT2D eigenvalue weighted by Gasteiger charge is -2.34. The van der Waals surface area contributed by atoms with E-state index in [9.17, 15) is 18.0 Å². The standard InChI is InChI=1S/C23H26N2O4S/c26-22(20-10-9-18-5-4-6-19(18)17-20)11-12-23(27)24-13-15-25(16-14-24)30(28,29)21-7-2-1-3-8-21/h1-3,7-10,17H,4-6,11-16H2. The van der Waals surface area contributed by atoms with Crippen molar-refractivity contribution in [3.63, 3.8) is 0 Å². The number of carbonyl (C=O) groups is 2. The summed E-state index contributed by atoms with van der Waals surface area (Å²) in [6.07, 6.45) is 3.57. The summed E-state index contributed by atoms with van der Waals surface area (Å²) in [5, 5.41) is 0. The topological polar surface area (TPSA) is 74.8 Å². The number of nitrogens with zero attached hydrogens (tertiary/aromatic N) is 2. The van der Waals surface area contributed by atoms with E-state index in [-0.39, 0.29) is 42.5 Å². The van der Waals surface area contributed by atoms with Crippen molar-refractivity contribution in [2.75, 3.05) is 26.2 Å². The maximum absolute atomic E-state index is 12.7. The molecule has 2 aliphatic rings. The number of rotatable bonds is 6. The Bertz CT molecular complexity index is 1040. The Kier molecular flexibility index (Phi) is 6.01. The van der Waals surface area contributed by atoms with Crippen LogP contribution in [0.25, 0.3) is 0 Å². The van der Waals surface area contributed by atoms with Gasteiger partial charge in [0.05, 0.1) is 4.90 Å². The number of fused-ring (bicyclic) bond motifs is 1. The Labute approximate surface area is 177 Å². The van der Waals surface area contributed by atoms with Gasteiger partial charge in [-0.15, -0.1) is 0 Å². The first-order chi connectivity index (χ1) is 14.4. The van der Waals surface area contributed by atoms with Crippen LogP contribution < -0.4 is 0 Å². The summed E-state index contributed by atoms with van der Waals surface area (Å²) < 4.78 is 26.8. The molecule has 0 aromatic heterocycles. The van der Waals surface area contributed by atoms with Gasteiger partial charge in [-0.3, -0.25) is 9.59 Å². The number of hydrogen-bond acceptors (Lipinski definition) is 4. The van der Waals surface area contributed by atoms with Gasteiger partial charge in [0.2, 0.25) is 15.9 Å². The quantitative estimate of drug-likeness (QED) is 0.666. The molecule has 7 heteroatoms. The molecule has 0 unspecified atom stereocenters. The van der Waals surface area contributed by atoms with E-state index in [0.29, 0.717) is 18.7 Å². The fraction of sp³-hybridized carbons (Fsp3) is 0.391. The average Bonchev–Trinajstić information content (AvgIpc) is 3.26. The Morgan fingerprint density at radius 3 is 2.27 bits per heavy atom. The average molecular weight is 427 g/mol. The second-order valence-corrected chi connectivity index (χ2v) is 9.80. The zero-order valence-electron chi connectivity index (χ0n) is 16.9. The van der Waals surface area contributed by atoms with Crippen molar-refractivity contribution in [1.29, 1.82) is 0 Å². The van der Waals surface area contributed by atoms with Crippen LogP contribution in [0.15, 0.2) is 53.4 Å². The summed E-state index contributed by atoms with van der Waals surface area (Å²) in [6.45, 7) is 1.22. The van der Waals surface area contributed by atoms with Gasteiger partial charge >= 0.3 is 0 Å². The van der Waals surface area contributed by atoms with Gasteiger partial charge in [-0.1, -0.05) is 30.3 Å². The number of Topliss-reactive ketones (excluding diaryl/α,β-unsaturated/α-hetero) is 1. The summed E-state index contributed by atoms with van der Waals surface area (Å²) in [5.74, 6) is -0.107. The van der Waals surface area contributed by atoms with Crippen LogP contribution in [0.3, 0.4) is 0 Å². The summed E-state index contributed by atoms with van der Waals surface area (Å²) >= 11 is 0. The minimum atomic E-state index is -3.54. The predicted molar refractivity (Wildman–Crippen MR) is 114 cm³/mol. The predicted octanol–water partition coefficient (Wildman–Crippen LogP) is 2.67. The lowest BCUT2D eigenvalue weighted by molar-refractivity contribution is -0.132. The molecular formula is C23H26N2O4S. The van der Waals surface area contributed by atoms with Crippen LogP contribution in [-0.2, 0) is 27.7 Å². The molecule has 158 valence electrons. The van der Waals surface area contributed by atoms with Gasteiger partial charge in [0, 0.05) is 44.6 Å². The third kappa shape index (κ3) is 4.32. The molecule has 6 nitrogen and oxygen atoms in total. The van der Waals surface area contributed by atoms with Crippen LogP contribution in [0.5, 0.6) is 0 Å². The molecule has 1 fully saturated rings. The zero-order valence-corrected chi connectivity index (χ0v) is 17.7. The van der Waals surface area contributed by atoms with Crippen LogP contribution in [0, 0.1) is 0 Å². The summed E-state index contributed by atoms with van der Waals surface area (Å²) in [7, 11) is -3.54. The molecule has 30 heavy (non-hydrogen) atoms. The van der Waals surface area contributed by atoms with Crippen LogP contribution in [-0.4, -0.2) is 55.5 Å². The van der Waals surface area contributed by atoms with Crippen LogP contribution in [0.2, 0.25) is 0 Å². The molecular weight excluding hydrogens is 400 g/mol. The monoisotopic (exact) mass is 426 g/mol. The fourth-order valence-corrected chi connectivity index (χ4v) is 5.63. The lowest BCUT2D eigenvalue weighted by atomic mass is 10.0. The van der Waals surface area contributed by atoms with E-state index in [2.05, 4.69) is 0 Å². The number of sulfonamides is 1. The highest BCUT2D eigenvalue weighted by Gasteiger charge is 2.30. The van der Waals surface area contributed by atoms with Crippen LogP contribution in [0.4, 0.5) is 0 Å². The fourth-order valence-electron chi connectivity index (χ4n) is 4.19. The number of ketones is 1. The van der Waals surface area contributed by atoms with Gasteiger partial charge in [0.25, 0.3) is 0 Å². The van der Waals surface area contributed by atoms with E-state index in [1.165, 1.54) is 15.4 Å². The van der Waals surface area contributed by atoms with Gasteiger partial charge in [0.1, 0.15) is 0 Å². The minimum absolute atomic E-state index is 0.0108. The number of amides is 1. The number of aryl methyl sites for hydroxylation is 2. The van der Waals surface area contributed by atoms with Crippen LogP contribution >= 0.6 is 0 Å². The molecule has 0 radical (unpaired) electrons. The smallest absolute Gasteiger partial charge is 0.243 e. The van der Waals surface area contributed by atoms with Crippen molar-refractivity contribution in [2.24, 2.45) is 0 Å². The number of carbonyl (C=O) groups excluding carboxylic acids is 2. The van der Waals surface area contributed by atoms with E-state index >= 15 is 0 Å². The summed E-state index contributed by atoms with van der Waals surface area (Å²) in [6, 6.07) is 14.2. The number of benzene rings is 2. The lowest BCUT2D eigenvalue weighted by Crippen LogP contribution is -2.50. The van der Waals surface area contributed by atoms with E-state index in [1.54, 1.807) is 35.2 Å². The number of piperazine rings is 1. The van der Waals surface area contributed by atoms with E-state index in [1.807, 2.05) is 18.2 Å². The first kappa shape index (κ1) is 20.8. The first-order valence-electron chi connectivity index (χ1n) is 10.4. The van der Waals surface area contributed by atoms with Gasteiger partial charge < -0.3 is 4.90 Å². The van der Waals surface area contributed by atoms with Crippen molar-refractivity contribution in [1.82, 2.24) is 9.21 Å².